The summed E-state index contributed by atoms with van der Waals surface area (Å²) in [6.45, 7) is 11.1. The van der Waals surface area contributed by atoms with Crippen LogP contribution in [0.4, 0.5) is 0 Å². The van der Waals surface area contributed by atoms with E-state index in [2.05, 4.69) is 37.1 Å². The van der Waals surface area contributed by atoms with Crippen molar-refractivity contribution in [3.8, 4) is 11.5 Å². The largest absolute Gasteiger partial charge is 0.497 e. The summed E-state index contributed by atoms with van der Waals surface area (Å²) in [6, 6.07) is 6.40. The molecule has 1 atom stereocenters. The van der Waals surface area contributed by atoms with E-state index in [-0.39, 0.29) is 30.2 Å². The maximum atomic E-state index is 5.61. The van der Waals surface area contributed by atoms with Gasteiger partial charge in [-0.15, -0.1) is 24.8 Å². The third-order valence-corrected chi connectivity index (χ3v) is 4.07. The summed E-state index contributed by atoms with van der Waals surface area (Å²) in [5, 5.41) is 3.43. The van der Waals surface area contributed by atoms with Gasteiger partial charge in [0.15, 0.2) is 0 Å². The van der Waals surface area contributed by atoms with Crippen LogP contribution in [0, 0.1) is 5.41 Å². The topological polar surface area (TPSA) is 33.7 Å². The second-order valence-electron chi connectivity index (χ2n) is 6.66. The van der Waals surface area contributed by atoms with Crippen molar-refractivity contribution in [2.75, 3.05) is 40.4 Å². The number of nitrogens with one attached hydrogen (secondary N) is 1. The number of nitrogens with zero attached hydrogens (tertiary/aromatic N) is 1. The Labute approximate surface area is 152 Å². The van der Waals surface area contributed by atoms with Crippen molar-refractivity contribution in [3.05, 3.63) is 23.8 Å². The van der Waals surface area contributed by atoms with Gasteiger partial charge < -0.3 is 14.8 Å². The van der Waals surface area contributed by atoms with E-state index in [1.807, 2.05) is 12.1 Å². The molecule has 0 amide bonds. The summed E-state index contributed by atoms with van der Waals surface area (Å²) in [7, 11) is 3.45. The van der Waals surface area contributed by atoms with Crippen molar-refractivity contribution < 1.29 is 9.47 Å². The second-order valence-corrected chi connectivity index (χ2v) is 6.66. The summed E-state index contributed by atoms with van der Waals surface area (Å²) < 4.78 is 11.0. The fourth-order valence-electron chi connectivity index (χ4n) is 3.20. The lowest BCUT2D eigenvalue weighted by atomic mass is 9.80. The highest BCUT2D eigenvalue weighted by Gasteiger charge is 2.34. The van der Waals surface area contributed by atoms with E-state index in [0.717, 1.165) is 37.7 Å². The molecule has 0 saturated carbocycles. The average Bonchev–Trinajstić information content (AvgIpc) is 2.47. The SMILES string of the molecule is COc1ccc(OC)c([C@H](N2CCNCC2)C(C)(C)C)c1.Cl.Cl. The number of halogens is 2. The van der Waals surface area contributed by atoms with Crippen LogP contribution in [0.3, 0.4) is 0 Å². The van der Waals surface area contributed by atoms with E-state index in [1.165, 1.54) is 5.56 Å². The first-order valence-corrected chi connectivity index (χ1v) is 7.64. The minimum Gasteiger partial charge on any atom is -0.497 e. The van der Waals surface area contributed by atoms with E-state index >= 15 is 0 Å². The van der Waals surface area contributed by atoms with Crippen molar-refractivity contribution >= 4 is 24.8 Å². The van der Waals surface area contributed by atoms with E-state index in [9.17, 15) is 0 Å². The first-order chi connectivity index (χ1) is 9.97. The number of ether oxygens (including phenoxy) is 2. The number of hydrogen-bond donors (Lipinski definition) is 1. The number of piperazine rings is 1. The van der Waals surface area contributed by atoms with Gasteiger partial charge in [-0.05, 0) is 23.6 Å². The van der Waals surface area contributed by atoms with Gasteiger partial charge >= 0.3 is 0 Å². The summed E-state index contributed by atoms with van der Waals surface area (Å²) in [4.78, 5) is 2.55. The Morgan fingerprint density at radius 1 is 1.04 bits per heavy atom. The van der Waals surface area contributed by atoms with Crippen molar-refractivity contribution in [1.82, 2.24) is 10.2 Å². The molecule has 1 aromatic carbocycles. The van der Waals surface area contributed by atoms with Gasteiger partial charge in [-0.25, -0.2) is 0 Å². The monoisotopic (exact) mass is 364 g/mol. The molecule has 0 aromatic heterocycles. The molecule has 134 valence electrons. The second kappa shape index (κ2) is 9.58. The van der Waals surface area contributed by atoms with Gasteiger partial charge in [0, 0.05) is 37.8 Å². The van der Waals surface area contributed by atoms with Gasteiger partial charge in [0.25, 0.3) is 0 Å². The zero-order valence-electron chi connectivity index (χ0n) is 14.7. The lowest BCUT2D eigenvalue weighted by Gasteiger charge is -2.43. The zero-order valence-corrected chi connectivity index (χ0v) is 16.4. The van der Waals surface area contributed by atoms with E-state index in [0.29, 0.717) is 6.04 Å². The van der Waals surface area contributed by atoms with Crippen LogP contribution in [0.5, 0.6) is 11.5 Å². The highest BCUT2D eigenvalue weighted by molar-refractivity contribution is 5.85. The molecule has 0 aliphatic carbocycles. The maximum absolute atomic E-state index is 5.61. The molecule has 4 nitrogen and oxygen atoms in total. The Kier molecular flexibility index (Phi) is 9.29. The van der Waals surface area contributed by atoms with Gasteiger partial charge in [-0.3, -0.25) is 4.90 Å². The number of hydrogen-bond acceptors (Lipinski definition) is 4. The normalized spacial score (nSPS) is 16.7. The molecule has 1 aliphatic heterocycles. The van der Waals surface area contributed by atoms with Crippen LogP contribution in [0.15, 0.2) is 18.2 Å². The molecular formula is C17H30Cl2N2O2. The Hall–Kier alpha value is -0.680. The molecule has 1 saturated heterocycles. The van der Waals surface area contributed by atoms with Crippen LogP contribution in [0.1, 0.15) is 32.4 Å². The summed E-state index contributed by atoms with van der Waals surface area (Å²) in [5.41, 5.74) is 1.34. The van der Waals surface area contributed by atoms with Crippen LogP contribution < -0.4 is 14.8 Å². The molecule has 2 rings (SSSR count). The fraction of sp³-hybridized carbons (Fsp3) is 0.647. The molecule has 23 heavy (non-hydrogen) atoms. The number of rotatable bonds is 4. The Bertz CT molecular complexity index is 472. The lowest BCUT2D eigenvalue weighted by molar-refractivity contribution is 0.0840. The molecule has 0 spiro atoms. The van der Waals surface area contributed by atoms with E-state index in [4.69, 9.17) is 9.47 Å². The standard InChI is InChI=1S/C17H28N2O2.2ClH/c1-17(2,3)16(19-10-8-18-9-11-19)14-12-13(20-4)6-7-15(14)21-5;;/h6-7,12,16,18H,8-11H2,1-5H3;2*1H/t16-;;/m0../s1. The first-order valence-electron chi connectivity index (χ1n) is 7.64. The Balaban J connectivity index is 0.00000242. The summed E-state index contributed by atoms with van der Waals surface area (Å²) in [6.07, 6.45) is 0. The maximum Gasteiger partial charge on any atom is 0.123 e. The number of benzene rings is 1. The minimum absolute atomic E-state index is 0. The van der Waals surface area contributed by atoms with Gasteiger partial charge in [0.05, 0.1) is 14.2 Å². The summed E-state index contributed by atoms with van der Waals surface area (Å²) in [5.74, 6) is 1.82. The molecule has 0 radical (unpaired) electrons. The highest BCUT2D eigenvalue weighted by atomic mass is 35.5. The minimum atomic E-state index is 0. The Morgan fingerprint density at radius 2 is 1.65 bits per heavy atom. The van der Waals surface area contributed by atoms with Crippen LogP contribution in [-0.2, 0) is 0 Å². The van der Waals surface area contributed by atoms with E-state index < -0.39 is 0 Å². The average molecular weight is 365 g/mol. The molecule has 0 bridgehead atoms. The fourth-order valence-corrected chi connectivity index (χ4v) is 3.20. The molecule has 6 heteroatoms. The first kappa shape index (κ1) is 22.3. The smallest absolute Gasteiger partial charge is 0.123 e. The van der Waals surface area contributed by atoms with Crippen molar-refractivity contribution in [2.45, 2.75) is 26.8 Å². The zero-order chi connectivity index (χ0) is 15.5. The molecule has 1 aliphatic rings. The molecule has 1 heterocycles. The van der Waals surface area contributed by atoms with Gasteiger partial charge in [0.2, 0.25) is 0 Å². The number of methoxy groups -OCH3 is 2. The van der Waals surface area contributed by atoms with E-state index in [1.54, 1.807) is 14.2 Å². The quantitative estimate of drug-likeness (QED) is 0.885. The van der Waals surface area contributed by atoms with Crippen molar-refractivity contribution in [2.24, 2.45) is 5.41 Å². The molecule has 0 unspecified atom stereocenters. The van der Waals surface area contributed by atoms with Crippen molar-refractivity contribution in [1.29, 1.82) is 0 Å². The van der Waals surface area contributed by atoms with Crippen LogP contribution in [-0.4, -0.2) is 45.3 Å². The van der Waals surface area contributed by atoms with Gasteiger partial charge in [-0.2, -0.15) is 0 Å². The van der Waals surface area contributed by atoms with Gasteiger partial charge in [0.1, 0.15) is 11.5 Å². The third kappa shape index (κ3) is 5.42. The third-order valence-electron chi connectivity index (χ3n) is 4.07. The lowest BCUT2D eigenvalue weighted by Crippen LogP contribution is -2.48. The van der Waals surface area contributed by atoms with Crippen LogP contribution in [0.2, 0.25) is 0 Å². The molecule has 1 N–H and O–H groups in total. The van der Waals surface area contributed by atoms with Crippen LogP contribution in [0.25, 0.3) is 0 Å². The highest BCUT2D eigenvalue weighted by Crippen LogP contribution is 2.43. The predicted molar refractivity (Wildman–Crippen MR) is 101 cm³/mol. The molecule has 1 aromatic rings. The molecular weight excluding hydrogens is 335 g/mol. The molecule has 1 fully saturated rings. The summed E-state index contributed by atoms with van der Waals surface area (Å²) >= 11 is 0. The predicted octanol–water partition coefficient (Wildman–Crippen LogP) is 3.54. The Morgan fingerprint density at radius 3 is 2.13 bits per heavy atom. The van der Waals surface area contributed by atoms with Gasteiger partial charge in [-0.1, -0.05) is 20.8 Å². The van der Waals surface area contributed by atoms with Crippen LogP contribution >= 0.6 is 24.8 Å². The van der Waals surface area contributed by atoms with Crippen molar-refractivity contribution in [3.63, 3.8) is 0 Å².